The van der Waals surface area contributed by atoms with Crippen LogP contribution in [0.15, 0.2) is 34.0 Å². The number of pyridine rings is 1. The monoisotopic (exact) mass is 497 g/mol. The topological polar surface area (TPSA) is 113 Å². The van der Waals surface area contributed by atoms with Gasteiger partial charge in [0.1, 0.15) is 16.0 Å². The summed E-state index contributed by atoms with van der Waals surface area (Å²) in [5, 5.41) is 20.2. The van der Waals surface area contributed by atoms with Crippen LogP contribution in [0.1, 0.15) is 39.0 Å². The summed E-state index contributed by atoms with van der Waals surface area (Å²) in [5.74, 6) is -1.59. The van der Waals surface area contributed by atoms with Crippen LogP contribution >= 0.6 is 24.0 Å². The number of Topliss-reactive ketones (excluding diaryl/α,β-unsaturated/α-hetero) is 1. The number of rotatable bonds is 8. The van der Waals surface area contributed by atoms with Crippen LogP contribution in [0.2, 0.25) is 0 Å². The van der Waals surface area contributed by atoms with Gasteiger partial charge in [-0.1, -0.05) is 53.8 Å². The molecule has 1 aromatic carbocycles. The van der Waals surface area contributed by atoms with Crippen molar-refractivity contribution in [3.05, 3.63) is 67.3 Å². The number of nitrogens with zero attached hydrogens (tertiary/aromatic N) is 3. The number of carbonyl (C=O) groups excluding carboxylic acids is 2. The summed E-state index contributed by atoms with van der Waals surface area (Å²) < 4.78 is 6.17. The molecule has 0 unspecified atom stereocenters. The second kappa shape index (κ2) is 10.8. The van der Waals surface area contributed by atoms with Crippen molar-refractivity contribution in [1.29, 1.82) is 5.26 Å². The van der Waals surface area contributed by atoms with Gasteiger partial charge in [-0.05, 0) is 37.5 Å². The molecular formula is C24H23N3O5S2. The van der Waals surface area contributed by atoms with Crippen molar-refractivity contribution < 1.29 is 19.4 Å². The zero-order valence-corrected chi connectivity index (χ0v) is 20.6. The van der Waals surface area contributed by atoms with Gasteiger partial charge in [0.05, 0.1) is 17.0 Å². The van der Waals surface area contributed by atoms with Crippen LogP contribution in [0.25, 0.3) is 6.08 Å². The number of aromatic nitrogens is 1. The quantitative estimate of drug-likeness (QED) is 0.256. The number of amides is 1. The number of aryl methyl sites for hydroxylation is 1. The van der Waals surface area contributed by atoms with Gasteiger partial charge in [-0.15, -0.1) is 0 Å². The Kier molecular flexibility index (Phi) is 8.04. The van der Waals surface area contributed by atoms with Crippen molar-refractivity contribution >= 4 is 46.1 Å². The van der Waals surface area contributed by atoms with Crippen LogP contribution in [-0.4, -0.2) is 50.8 Å². The molecule has 0 atom stereocenters. The summed E-state index contributed by atoms with van der Waals surface area (Å²) in [6.45, 7) is 3.35. The molecule has 0 aliphatic carbocycles. The number of thiocarbonyl (C=S) groups is 1. The Hall–Kier alpha value is -3.26. The van der Waals surface area contributed by atoms with Crippen LogP contribution in [0.5, 0.6) is 5.88 Å². The van der Waals surface area contributed by atoms with Crippen LogP contribution < -0.4 is 5.56 Å². The van der Waals surface area contributed by atoms with Gasteiger partial charge in [-0.3, -0.25) is 23.9 Å². The summed E-state index contributed by atoms with van der Waals surface area (Å²) in [6, 6.07) is 9.43. The molecule has 0 bridgehead atoms. The van der Waals surface area contributed by atoms with E-state index in [4.69, 9.17) is 17.0 Å². The minimum Gasteiger partial charge on any atom is -0.494 e. The van der Waals surface area contributed by atoms with E-state index in [1.54, 1.807) is 6.08 Å². The SMILES string of the molecule is COCCCn1c(O)c(C(=O)CN2C(=O)/C(=C/c3ccc(C)cc3)SC2=S)c(C)c(C#N)c1=O. The molecule has 2 aromatic rings. The van der Waals surface area contributed by atoms with Crippen LogP contribution in [0.3, 0.4) is 0 Å². The summed E-state index contributed by atoms with van der Waals surface area (Å²) in [4.78, 5) is 40.3. The molecule has 1 saturated heterocycles. The first-order chi connectivity index (χ1) is 16.2. The third-order valence-electron chi connectivity index (χ3n) is 5.36. The minimum atomic E-state index is -0.684. The molecule has 1 amide bonds. The fraction of sp³-hybridized carbons (Fsp3) is 0.292. The van der Waals surface area contributed by atoms with Crippen molar-refractivity contribution in [1.82, 2.24) is 9.47 Å². The van der Waals surface area contributed by atoms with E-state index in [2.05, 4.69) is 0 Å². The lowest BCUT2D eigenvalue weighted by Crippen LogP contribution is -2.35. The molecule has 1 fully saturated rings. The van der Waals surface area contributed by atoms with E-state index < -0.39 is 29.7 Å². The third-order valence-corrected chi connectivity index (χ3v) is 6.74. The highest BCUT2D eigenvalue weighted by atomic mass is 32.2. The third kappa shape index (κ3) is 5.12. The van der Waals surface area contributed by atoms with Crippen molar-refractivity contribution in [3.63, 3.8) is 0 Å². The number of nitriles is 1. The number of benzene rings is 1. The number of carbonyl (C=O) groups is 2. The first-order valence-electron chi connectivity index (χ1n) is 10.4. The number of methoxy groups -OCH3 is 1. The largest absolute Gasteiger partial charge is 0.494 e. The summed E-state index contributed by atoms with van der Waals surface area (Å²) >= 11 is 6.41. The van der Waals surface area contributed by atoms with Gasteiger partial charge in [0.2, 0.25) is 5.88 Å². The number of thioether (sulfide) groups is 1. The molecule has 0 spiro atoms. The van der Waals surface area contributed by atoms with Gasteiger partial charge in [0, 0.05) is 20.3 Å². The van der Waals surface area contributed by atoms with Gasteiger partial charge in [-0.25, -0.2) is 0 Å². The number of hydrogen-bond donors (Lipinski definition) is 1. The molecule has 1 aromatic heterocycles. The molecule has 8 nitrogen and oxygen atoms in total. The van der Waals surface area contributed by atoms with Crippen molar-refractivity contribution in [2.75, 3.05) is 20.3 Å². The van der Waals surface area contributed by atoms with Crippen molar-refractivity contribution in [3.8, 4) is 11.9 Å². The fourth-order valence-electron chi connectivity index (χ4n) is 3.53. The van der Waals surface area contributed by atoms with E-state index >= 15 is 0 Å². The van der Waals surface area contributed by atoms with Crippen LogP contribution in [0.4, 0.5) is 0 Å². The second-order valence-electron chi connectivity index (χ2n) is 7.72. The number of ether oxygens (including phenoxy) is 1. The average molecular weight is 498 g/mol. The highest BCUT2D eigenvalue weighted by molar-refractivity contribution is 8.26. The molecule has 3 rings (SSSR count). The predicted molar refractivity (Wildman–Crippen MR) is 134 cm³/mol. The van der Waals surface area contributed by atoms with Gasteiger partial charge >= 0.3 is 0 Å². The van der Waals surface area contributed by atoms with E-state index in [-0.39, 0.29) is 27.6 Å². The van der Waals surface area contributed by atoms with E-state index in [0.29, 0.717) is 17.9 Å². The summed E-state index contributed by atoms with van der Waals surface area (Å²) in [5.41, 5.74) is 0.891. The first-order valence-corrected chi connectivity index (χ1v) is 11.6. The molecular weight excluding hydrogens is 474 g/mol. The zero-order valence-electron chi connectivity index (χ0n) is 19.0. The molecule has 1 N–H and O–H groups in total. The number of aromatic hydroxyl groups is 1. The van der Waals surface area contributed by atoms with Crippen LogP contribution in [0, 0.1) is 25.2 Å². The second-order valence-corrected chi connectivity index (χ2v) is 9.39. The molecule has 0 saturated carbocycles. The molecule has 10 heteroatoms. The molecule has 1 aliphatic rings. The Morgan fingerprint density at radius 2 is 1.94 bits per heavy atom. The van der Waals surface area contributed by atoms with Gasteiger partial charge in [0.25, 0.3) is 11.5 Å². The summed E-state index contributed by atoms with van der Waals surface area (Å²) in [6.07, 6.45) is 2.10. The molecule has 1 aliphatic heterocycles. The maximum absolute atomic E-state index is 13.2. The highest BCUT2D eigenvalue weighted by Crippen LogP contribution is 2.33. The van der Waals surface area contributed by atoms with E-state index in [1.165, 1.54) is 14.0 Å². The predicted octanol–water partition coefficient (Wildman–Crippen LogP) is 3.16. The fourth-order valence-corrected chi connectivity index (χ4v) is 4.79. The Labute approximate surface area is 206 Å². The first kappa shape index (κ1) is 25.4. The average Bonchev–Trinajstić information content (AvgIpc) is 3.05. The normalized spacial score (nSPS) is 14.6. The maximum Gasteiger partial charge on any atom is 0.271 e. The lowest BCUT2D eigenvalue weighted by atomic mass is 10.0. The minimum absolute atomic E-state index is 0.0636. The lowest BCUT2D eigenvalue weighted by molar-refractivity contribution is -0.121. The van der Waals surface area contributed by atoms with E-state index in [0.717, 1.165) is 32.4 Å². The van der Waals surface area contributed by atoms with Crippen molar-refractivity contribution in [2.24, 2.45) is 0 Å². The van der Waals surface area contributed by atoms with Crippen molar-refractivity contribution in [2.45, 2.75) is 26.8 Å². The highest BCUT2D eigenvalue weighted by Gasteiger charge is 2.35. The van der Waals surface area contributed by atoms with Gasteiger partial charge in [-0.2, -0.15) is 5.26 Å². The molecule has 34 heavy (non-hydrogen) atoms. The Balaban J connectivity index is 1.91. The zero-order chi connectivity index (χ0) is 25.0. The van der Waals surface area contributed by atoms with Gasteiger partial charge < -0.3 is 9.84 Å². The molecule has 0 radical (unpaired) electrons. The molecule has 176 valence electrons. The Morgan fingerprint density at radius 1 is 1.26 bits per heavy atom. The maximum atomic E-state index is 13.2. The Morgan fingerprint density at radius 3 is 2.56 bits per heavy atom. The Bertz CT molecular complexity index is 1290. The molecule has 2 heterocycles. The summed E-state index contributed by atoms with van der Waals surface area (Å²) in [7, 11) is 1.50. The van der Waals surface area contributed by atoms with E-state index in [1.807, 2.05) is 37.3 Å². The lowest BCUT2D eigenvalue weighted by Gasteiger charge is -2.18. The number of hydrogen-bond acceptors (Lipinski definition) is 8. The number of ketones is 1. The van der Waals surface area contributed by atoms with Gasteiger partial charge in [0.15, 0.2) is 5.78 Å². The van der Waals surface area contributed by atoms with E-state index in [9.17, 15) is 24.8 Å². The van der Waals surface area contributed by atoms with Crippen LogP contribution in [-0.2, 0) is 16.1 Å². The smallest absolute Gasteiger partial charge is 0.271 e. The standard InChI is InChI=1S/C24H23N3O5S2/c1-14-5-7-16(8-6-14)11-19-22(30)27(24(33)34-19)13-18(28)20-15(2)17(12-25)21(29)26(23(20)31)9-4-10-32-3/h5-8,11,31H,4,9-10,13H2,1-3H3/b19-11-.